The number of aromatic nitrogens is 1. The minimum atomic E-state index is -0.394. The van der Waals surface area contributed by atoms with Crippen LogP contribution in [0.2, 0.25) is 0 Å². The standard InChI is InChI=1S/C13H20N4O3/c1-9-7-10(14)13(17-8-9)16-6-5-15-11(18)3-4-12(19)20-2/h7-8H,3-6,14H2,1-2H3,(H,15,18)(H,16,17). The van der Waals surface area contributed by atoms with Crippen LogP contribution >= 0.6 is 0 Å². The summed E-state index contributed by atoms with van der Waals surface area (Å²) in [7, 11) is 1.29. The Morgan fingerprint density at radius 1 is 1.35 bits per heavy atom. The molecule has 0 saturated carbocycles. The maximum absolute atomic E-state index is 11.4. The van der Waals surface area contributed by atoms with Crippen LogP contribution < -0.4 is 16.4 Å². The monoisotopic (exact) mass is 280 g/mol. The average molecular weight is 280 g/mol. The first kappa shape index (κ1) is 15.7. The normalized spacial score (nSPS) is 9.90. The summed E-state index contributed by atoms with van der Waals surface area (Å²) in [6.07, 6.45) is 1.92. The van der Waals surface area contributed by atoms with E-state index in [9.17, 15) is 9.59 Å². The Labute approximate surface area is 117 Å². The van der Waals surface area contributed by atoms with Crippen LogP contribution in [0.15, 0.2) is 12.3 Å². The number of carbonyl (C=O) groups excluding carboxylic acids is 2. The van der Waals surface area contributed by atoms with E-state index in [1.807, 2.05) is 13.0 Å². The predicted octanol–water partition coefficient (Wildman–Crippen LogP) is 0.454. The topological polar surface area (TPSA) is 106 Å². The molecule has 1 rings (SSSR count). The van der Waals surface area contributed by atoms with E-state index >= 15 is 0 Å². The van der Waals surface area contributed by atoms with E-state index in [-0.39, 0.29) is 18.7 Å². The van der Waals surface area contributed by atoms with Crippen LogP contribution in [0.3, 0.4) is 0 Å². The van der Waals surface area contributed by atoms with Crippen LogP contribution in [-0.2, 0) is 14.3 Å². The smallest absolute Gasteiger partial charge is 0.306 e. The molecule has 0 aliphatic carbocycles. The highest BCUT2D eigenvalue weighted by Gasteiger charge is 2.06. The van der Waals surface area contributed by atoms with Crippen LogP contribution in [0, 0.1) is 6.92 Å². The number of hydrogen-bond acceptors (Lipinski definition) is 6. The molecule has 110 valence electrons. The molecule has 0 spiro atoms. The van der Waals surface area contributed by atoms with Crippen LogP contribution in [0.25, 0.3) is 0 Å². The van der Waals surface area contributed by atoms with Gasteiger partial charge in [-0.15, -0.1) is 0 Å². The molecule has 4 N–H and O–H groups in total. The van der Waals surface area contributed by atoms with Crippen molar-refractivity contribution in [2.24, 2.45) is 0 Å². The van der Waals surface area contributed by atoms with Crippen molar-refractivity contribution in [2.45, 2.75) is 19.8 Å². The molecule has 0 bridgehead atoms. The summed E-state index contributed by atoms with van der Waals surface area (Å²) in [5, 5.41) is 5.71. The molecule has 20 heavy (non-hydrogen) atoms. The highest BCUT2D eigenvalue weighted by Crippen LogP contribution is 2.14. The van der Waals surface area contributed by atoms with Gasteiger partial charge in [0.25, 0.3) is 0 Å². The van der Waals surface area contributed by atoms with E-state index in [1.54, 1.807) is 6.20 Å². The lowest BCUT2D eigenvalue weighted by Gasteiger charge is -2.09. The summed E-state index contributed by atoms with van der Waals surface area (Å²) in [5.41, 5.74) is 7.36. The van der Waals surface area contributed by atoms with Gasteiger partial charge in [0.05, 0.1) is 19.2 Å². The van der Waals surface area contributed by atoms with Gasteiger partial charge < -0.3 is 21.1 Å². The van der Waals surface area contributed by atoms with E-state index < -0.39 is 5.97 Å². The van der Waals surface area contributed by atoms with Gasteiger partial charge in [0.15, 0.2) is 0 Å². The van der Waals surface area contributed by atoms with Crippen LogP contribution in [0.4, 0.5) is 11.5 Å². The molecule has 0 unspecified atom stereocenters. The number of nitrogens with two attached hydrogens (primary N) is 1. The average Bonchev–Trinajstić information content (AvgIpc) is 2.42. The van der Waals surface area contributed by atoms with E-state index in [4.69, 9.17) is 5.73 Å². The Balaban J connectivity index is 2.21. The Kier molecular flexibility index (Phi) is 6.28. The fraction of sp³-hybridized carbons (Fsp3) is 0.462. The lowest BCUT2D eigenvalue weighted by molar-refractivity contribution is -0.142. The molecule has 7 heteroatoms. The van der Waals surface area contributed by atoms with E-state index in [2.05, 4.69) is 20.4 Å². The Morgan fingerprint density at radius 2 is 2.10 bits per heavy atom. The van der Waals surface area contributed by atoms with Gasteiger partial charge >= 0.3 is 5.97 Å². The largest absolute Gasteiger partial charge is 0.469 e. The lowest BCUT2D eigenvalue weighted by atomic mass is 10.3. The predicted molar refractivity (Wildman–Crippen MR) is 76.1 cm³/mol. The van der Waals surface area contributed by atoms with Gasteiger partial charge in [-0.3, -0.25) is 9.59 Å². The van der Waals surface area contributed by atoms with Crippen molar-refractivity contribution in [3.8, 4) is 0 Å². The van der Waals surface area contributed by atoms with Gasteiger partial charge in [0.1, 0.15) is 5.82 Å². The molecule has 0 atom stereocenters. The molecule has 0 aromatic carbocycles. The van der Waals surface area contributed by atoms with E-state index in [1.165, 1.54) is 7.11 Å². The van der Waals surface area contributed by atoms with Gasteiger partial charge in [0.2, 0.25) is 5.91 Å². The molecule has 1 amide bonds. The van der Waals surface area contributed by atoms with Crippen LogP contribution in [-0.4, -0.2) is 37.1 Å². The number of nitrogens with one attached hydrogen (secondary N) is 2. The fourth-order valence-electron chi connectivity index (χ4n) is 1.53. The summed E-state index contributed by atoms with van der Waals surface area (Å²) in [5.74, 6) is 0.0105. The zero-order valence-corrected chi connectivity index (χ0v) is 11.7. The number of amides is 1. The SMILES string of the molecule is COC(=O)CCC(=O)NCCNc1ncc(C)cc1N. The second-order valence-electron chi connectivity index (χ2n) is 4.30. The van der Waals surface area contributed by atoms with E-state index in [0.717, 1.165) is 5.56 Å². The molecular formula is C13H20N4O3. The number of anilines is 2. The first-order valence-electron chi connectivity index (χ1n) is 6.32. The highest BCUT2D eigenvalue weighted by atomic mass is 16.5. The summed E-state index contributed by atoms with van der Waals surface area (Å²) in [6.45, 7) is 2.84. The zero-order chi connectivity index (χ0) is 15.0. The molecule has 0 fully saturated rings. The number of pyridine rings is 1. The Hall–Kier alpha value is -2.31. The maximum Gasteiger partial charge on any atom is 0.306 e. The third kappa shape index (κ3) is 5.55. The summed E-state index contributed by atoms with van der Waals surface area (Å²) >= 11 is 0. The number of nitrogens with zero attached hydrogens (tertiary/aromatic N) is 1. The van der Waals surface area contributed by atoms with Gasteiger partial charge in [0, 0.05) is 25.7 Å². The minimum Gasteiger partial charge on any atom is -0.469 e. The van der Waals surface area contributed by atoms with Crippen molar-refractivity contribution in [3.63, 3.8) is 0 Å². The molecule has 0 radical (unpaired) electrons. The van der Waals surface area contributed by atoms with Crippen molar-refractivity contribution >= 4 is 23.4 Å². The molecule has 0 saturated heterocycles. The molecule has 0 aliphatic rings. The Bertz CT molecular complexity index is 477. The molecule has 1 aromatic heterocycles. The summed E-state index contributed by atoms with van der Waals surface area (Å²) in [6, 6.07) is 1.82. The molecule has 1 aromatic rings. The van der Waals surface area contributed by atoms with Crippen molar-refractivity contribution in [1.29, 1.82) is 0 Å². The number of aryl methyl sites for hydroxylation is 1. The first-order chi connectivity index (χ1) is 9.52. The maximum atomic E-state index is 11.4. The van der Waals surface area contributed by atoms with Gasteiger partial charge in [-0.05, 0) is 18.6 Å². The second-order valence-corrected chi connectivity index (χ2v) is 4.30. The Morgan fingerprint density at radius 3 is 2.75 bits per heavy atom. The third-order valence-corrected chi connectivity index (χ3v) is 2.58. The van der Waals surface area contributed by atoms with E-state index in [0.29, 0.717) is 24.6 Å². The van der Waals surface area contributed by atoms with Gasteiger partial charge in [-0.1, -0.05) is 0 Å². The summed E-state index contributed by atoms with van der Waals surface area (Å²) < 4.78 is 4.45. The number of esters is 1. The van der Waals surface area contributed by atoms with Crippen LogP contribution in [0.5, 0.6) is 0 Å². The molecule has 7 nitrogen and oxygen atoms in total. The number of ether oxygens (including phenoxy) is 1. The quantitative estimate of drug-likeness (QED) is 0.494. The van der Waals surface area contributed by atoms with Crippen LogP contribution in [0.1, 0.15) is 18.4 Å². The molecule has 1 heterocycles. The second kappa shape index (κ2) is 7.98. The number of hydrogen-bond donors (Lipinski definition) is 3. The molecular weight excluding hydrogens is 260 g/mol. The number of rotatable bonds is 7. The fourth-order valence-corrected chi connectivity index (χ4v) is 1.53. The zero-order valence-electron chi connectivity index (χ0n) is 11.7. The van der Waals surface area contributed by atoms with Gasteiger partial charge in [-0.2, -0.15) is 0 Å². The van der Waals surface area contributed by atoms with Crippen molar-refractivity contribution in [3.05, 3.63) is 17.8 Å². The minimum absolute atomic E-state index is 0.0855. The number of methoxy groups -OCH3 is 1. The highest BCUT2D eigenvalue weighted by molar-refractivity contribution is 5.81. The lowest BCUT2D eigenvalue weighted by Crippen LogP contribution is -2.29. The number of carbonyl (C=O) groups is 2. The number of nitrogen functional groups attached to an aromatic ring is 1. The first-order valence-corrected chi connectivity index (χ1v) is 6.32. The summed E-state index contributed by atoms with van der Waals surface area (Å²) in [4.78, 5) is 26.4. The van der Waals surface area contributed by atoms with Gasteiger partial charge in [-0.25, -0.2) is 4.98 Å². The third-order valence-electron chi connectivity index (χ3n) is 2.58. The molecule has 0 aliphatic heterocycles. The van der Waals surface area contributed by atoms with Crippen molar-refractivity contribution in [2.75, 3.05) is 31.2 Å². The van der Waals surface area contributed by atoms with Crippen molar-refractivity contribution in [1.82, 2.24) is 10.3 Å². The van der Waals surface area contributed by atoms with Crippen molar-refractivity contribution < 1.29 is 14.3 Å².